The maximum Gasteiger partial charge on any atom is 0.219 e. The van der Waals surface area contributed by atoms with Crippen molar-refractivity contribution in [3.05, 3.63) is 36.2 Å². The topological polar surface area (TPSA) is 83.9 Å². The Morgan fingerprint density at radius 2 is 2.10 bits per heavy atom. The van der Waals surface area contributed by atoms with E-state index in [0.717, 1.165) is 18.8 Å². The van der Waals surface area contributed by atoms with Crippen molar-refractivity contribution in [3.63, 3.8) is 0 Å². The molecule has 3 heterocycles. The van der Waals surface area contributed by atoms with Crippen LogP contribution in [0.15, 0.2) is 24.7 Å². The van der Waals surface area contributed by atoms with Gasteiger partial charge < -0.3 is 10.2 Å². The first-order valence-electron chi connectivity index (χ1n) is 6.76. The van der Waals surface area contributed by atoms with E-state index < -0.39 is 0 Å². The molecular weight excluding hydrogens is 268 g/mol. The van der Waals surface area contributed by atoms with Gasteiger partial charge >= 0.3 is 0 Å². The number of aromatic nitrogens is 4. The van der Waals surface area contributed by atoms with Crippen LogP contribution in [0.2, 0.25) is 0 Å². The first-order valence-corrected chi connectivity index (χ1v) is 6.76. The van der Waals surface area contributed by atoms with Crippen molar-refractivity contribution in [1.29, 1.82) is 0 Å². The number of likely N-dealkylation sites (tertiary alicyclic amines) is 1. The minimum absolute atomic E-state index is 0.106. The molecule has 0 aromatic carbocycles. The number of carbonyl (C=O) groups excluding carboxylic acids is 1. The molecule has 0 aliphatic carbocycles. The highest BCUT2D eigenvalue weighted by Crippen LogP contribution is 2.27. The van der Waals surface area contributed by atoms with Crippen molar-refractivity contribution in [1.82, 2.24) is 24.8 Å². The van der Waals surface area contributed by atoms with Gasteiger partial charge in [0, 0.05) is 44.4 Å². The van der Waals surface area contributed by atoms with Gasteiger partial charge in [-0.3, -0.25) is 9.78 Å². The van der Waals surface area contributed by atoms with Crippen LogP contribution >= 0.6 is 0 Å². The molecule has 0 spiro atoms. The molecule has 3 rings (SSSR count). The van der Waals surface area contributed by atoms with Crippen molar-refractivity contribution in [3.8, 4) is 0 Å². The summed E-state index contributed by atoms with van der Waals surface area (Å²) in [5.41, 5.74) is 0.950. The first-order chi connectivity index (χ1) is 10.1. The maximum absolute atomic E-state index is 11.2. The Bertz CT molecular complexity index is 654. The van der Waals surface area contributed by atoms with Crippen LogP contribution in [0, 0.1) is 6.92 Å². The molecule has 21 heavy (non-hydrogen) atoms. The van der Waals surface area contributed by atoms with Gasteiger partial charge in [0.15, 0.2) is 0 Å². The largest absolute Gasteiger partial charge is 0.341 e. The molecule has 1 aliphatic rings. The predicted octanol–water partition coefficient (Wildman–Crippen LogP) is 1.26. The van der Waals surface area contributed by atoms with Gasteiger partial charge in [-0.15, -0.1) is 0 Å². The third-order valence-electron chi connectivity index (χ3n) is 3.42. The fraction of sp³-hybridized carbons (Fsp3) is 0.357. The van der Waals surface area contributed by atoms with Gasteiger partial charge in [0.25, 0.3) is 0 Å². The highest BCUT2D eigenvalue weighted by Gasteiger charge is 2.31. The fourth-order valence-electron chi connectivity index (χ4n) is 2.28. The van der Waals surface area contributed by atoms with Gasteiger partial charge in [0.2, 0.25) is 5.91 Å². The standard InChI is InChI=1S/C14H16N6O/c1-9-17-12(11-7-20(8-11)10(2)21)5-13(18-9)19-14-6-15-3-4-16-14/h3-6,11H,7-8H2,1-2H3,(H,16,17,18,19). The Labute approximate surface area is 122 Å². The molecule has 0 bridgehead atoms. The number of hydrogen-bond donors (Lipinski definition) is 1. The van der Waals surface area contributed by atoms with E-state index in [2.05, 4.69) is 25.3 Å². The fourth-order valence-corrected chi connectivity index (χ4v) is 2.28. The monoisotopic (exact) mass is 284 g/mol. The summed E-state index contributed by atoms with van der Waals surface area (Å²) in [4.78, 5) is 30.0. The molecule has 1 N–H and O–H groups in total. The lowest BCUT2D eigenvalue weighted by atomic mass is 9.96. The molecule has 7 nitrogen and oxygen atoms in total. The molecule has 0 saturated carbocycles. The van der Waals surface area contributed by atoms with Gasteiger partial charge in [-0.1, -0.05) is 0 Å². The minimum atomic E-state index is 0.106. The lowest BCUT2D eigenvalue weighted by Crippen LogP contribution is -2.47. The second kappa shape index (κ2) is 5.43. The van der Waals surface area contributed by atoms with Crippen molar-refractivity contribution < 1.29 is 4.79 Å². The molecule has 108 valence electrons. The van der Waals surface area contributed by atoms with Crippen LogP contribution in [0.3, 0.4) is 0 Å². The van der Waals surface area contributed by atoms with Crippen LogP contribution in [-0.2, 0) is 4.79 Å². The Hall–Kier alpha value is -2.57. The van der Waals surface area contributed by atoms with E-state index in [1.807, 2.05) is 13.0 Å². The lowest BCUT2D eigenvalue weighted by molar-refractivity contribution is -0.133. The smallest absolute Gasteiger partial charge is 0.219 e. The lowest BCUT2D eigenvalue weighted by Gasteiger charge is -2.38. The number of nitrogens with one attached hydrogen (secondary N) is 1. The number of hydrogen-bond acceptors (Lipinski definition) is 6. The van der Waals surface area contributed by atoms with Gasteiger partial charge in [0.1, 0.15) is 17.5 Å². The second-order valence-corrected chi connectivity index (χ2v) is 5.06. The molecule has 1 fully saturated rings. The third-order valence-corrected chi connectivity index (χ3v) is 3.42. The molecule has 1 amide bonds. The predicted molar refractivity (Wildman–Crippen MR) is 77.1 cm³/mol. The summed E-state index contributed by atoms with van der Waals surface area (Å²) in [5.74, 6) is 2.41. The molecule has 1 saturated heterocycles. The normalized spacial score (nSPS) is 14.7. The van der Waals surface area contributed by atoms with Crippen LogP contribution in [-0.4, -0.2) is 43.8 Å². The van der Waals surface area contributed by atoms with Gasteiger partial charge in [-0.2, -0.15) is 0 Å². The van der Waals surface area contributed by atoms with E-state index in [4.69, 9.17) is 0 Å². The molecule has 0 unspecified atom stereocenters. The summed E-state index contributed by atoms with van der Waals surface area (Å²) < 4.78 is 0. The number of nitrogens with zero attached hydrogens (tertiary/aromatic N) is 5. The van der Waals surface area contributed by atoms with Crippen molar-refractivity contribution >= 4 is 17.5 Å². The molecule has 7 heteroatoms. The summed E-state index contributed by atoms with van der Waals surface area (Å²) in [6, 6.07) is 1.91. The van der Waals surface area contributed by atoms with Crippen LogP contribution in [0.1, 0.15) is 24.4 Å². The van der Waals surface area contributed by atoms with E-state index in [0.29, 0.717) is 17.5 Å². The van der Waals surface area contributed by atoms with E-state index in [1.54, 1.807) is 30.4 Å². The molecule has 0 radical (unpaired) electrons. The van der Waals surface area contributed by atoms with E-state index in [1.165, 1.54) is 0 Å². The summed E-state index contributed by atoms with van der Waals surface area (Å²) >= 11 is 0. The third kappa shape index (κ3) is 2.96. The number of rotatable bonds is 3. The summed E-state index contributed by atoms with van der Waals surface area (Å²) in [6.07, 6.45) is 4.87. The number of aryl methyl sites for hydroxylation is 1. The quantitative estimate of drug-likeness (QED) is 0.913. The van der Waals surface area contributed by atoms with Gasteiger partial charge in [-0.05, 0) is 6.92 Å². The number of carbonyl (C=O) groups is 1. The van der Waals surface area contributed by atoms with E-state index >= 15 is 0 Å². The SMILES string of the molecule is CC(=O)N1CC(c2cc(Nc3cnccn3)nc(C)n2)C1. The van der Waals surface area contributed by atoms with Crippen LogP contribution < -0.4 is 5.32 Å². The van der Waals surface area contributed by atoms with Crippen molar-refractivity contribution in [2.45, 2.75) is 19.8 Å². The Balaban J connectivity index is 1.76. The van der Waals surface area contributed by atoms with E-state index in [-0.39, 0.29) is 11.8 Å². The summed E-state index contributed by atoms with van der Waals surface area (Å²) in [6.45, 7) is 4.88. The molecular formula is C14H16N6O. The average molecular weight is 284 g/mol. The Kier molecular flexibility index (Phi) is 3.47. The summed E-state index contributed by atoms with van der Waals surface area (Å²) in [5, 5.41) is 3.12. The number of amides is 1. The molecule has 0 atom stereocenters. The first kappa shape index (κ1) is 13.4. The van der Waals surface area contributed by atoms with Crippen LogP contribution in [0.25, 0.3) is 0 Å². The zero-order valence-corrected chi connectivity index (χ0v) is 11.9. The molecule has 1 aliphatic heterocycles. The average Bonchev–Trinajstić information content (AvgIpc) is 2.37. The second-order valence-electron chi connectivity index (χ2n) is 5.06. The Morgan fingerprint density at radius 1 is 1.29 bits per heavy atom. The van der Waals surface area contributed by atoms with Crippen LogP contribution in [0.5, 0.6) is 0 Å². The summed E-state index contributed by atoms with van der Waals surface area (Å²) in [7, 11) is 0. The van der Waals surface area contributed by atoms with Gasteiger partial charge in [-0.25, -0.2) is 15.0 Å². The van der Waals surface area contributed by atoms with Crippen molar-refractivity contribution in [2.75, 3.05) is 18.4 Å². The minimum Gasteiger partial charge on any atom is -0.341 e. The highest BCUT2D eigenvalue weighted by molar-refractivity contribution is 5.74. The van der Waals surface area contributed by atoms with Gasteiger partial charge in [0.05, 0.1) is 11.9 Å². The highest BCUT2D eigenvalue weighted by atomic mass is 16.2. The maximum atomic E-state index is 11.2. The zero-order valence-electron chi connectivity index (χ0n) is 11.9. The number of anilines is 2. The van der Waals surface area contributed by atoms with Crippen LogP contribution in [0.4, 0.5) is 11.6 Å². The van der Waals surface area contributed by atoms with E-state index in [9.17, 15) is 4.79 Å². The van der Waals surface area contributed by atoms with Crippen molar-refractivity contribution in [2.24, 2.45) is 0 Å². The molecule has 2 aromatic heterocycles. The molecule has 2 aromatic rings. The Morgan fingerprint density at radius 3 is 2.76 bits per heavy atom. The zero-order chi connectivity index (χ0) is 14.8.